The molecule has 3 aromatic heterocycles. The van der Waals surface area contributed by atoms with Gasteiger partial charge in [-0.15, -0.1) is 0 Å². The van der Waals surface area contributed by atoms with Crippen molar-refractivity contribution in [3.05, 3.63) is 67.3 Å². The van der Waals surface area contributed by atoms with Crippen molar-refractivity contribution >= 4 is 11.7 Å². The summed E-state index contributed by atoms with van der Waals surface area (Å²) >= 11 is 0. The van der Waals surface area contributed by atoms with Gasteiger partial charge in [0.15, 0.2) is 0 Å². The fourth-order valence-electron chi connectivity index (χ4n) is 2.61. The van der Waals surface area contributed by atoms with E-state index in [2.05, 4.69) is 20.6 Å². The number of hydrogen-bond donors (Lipinski definition) is 1. The maximum absolute atomic E-state index is 12.1. The van der Waals surface area contributed by atoms with E-state index in [0.717, 1.165) is 16.9 Å². The molecule has 1 aromatic carbocycles. The summed E-state index contributed by atoms with van der Waals surface area (Å²) in [6.07, 6.45) is 7.08. The van der Waals surface area contributed by atoms with Crippen molar-refractivity contribution in [2.75, 3.05) is 5.32 Å². The van der Waals surface area contributed by atoms with Gasteiger partial charge in [0.05, 0.1) is 23.8 Å². The van der Waals surface area contributed by atoms with Crippen LogP contribution in [-0.4, -0.2) is 35.2 Å². The summed E-state index contributed by atoms with van der Waals surface area (Å²) in [6, 6.07) is 13.5. The van der Waals surface area contributed by atoms with Gasteiger partial charge >= 0.3 is 0 Å². The number of amides is 1. The lowest BCUT2D eigenvalue weighted by atomic mass is 10.2. The molecule has 0 aliphatic heterocycles. The second-order valence-electron chi connectivity index (χ2n) is 5.80. The molecule has 0 aliphatic carbocycles. The third kappa shape index (κ3) is 3.25. The molecule has 0 aliphatic rings. The lowest BCUT2D eigenvalue weighted by Gasteiger charge is -2.05. The summed E-state index contributed by atoms with van der Waals surface area (Å²) in [7, 11) is 1.77. The molecule has 26 heavy (non-hydrogen) atoms. The molecule has 4 rings (SSSR count). The Kier molecular flexibility index (Phi) is 4.06. The molecule has 8 heteroatoms. The molecule has 0 unspecified atom stereocenters. The molecule has 3 heterocycles. The molecule has 0 saturated carbocycles. The van der Waals surface area contributed by atoms with Gasteiger partial charge in [-0.25, -0.2) is 4.68 Å². The highest BCUT2D eigenvalue weighted by Gasteiger charge is 2.10. The molecule has 1 amide bonds. The van der Waals surface area contributed by atoms with Gasteiger partial charge in [0.25, 0.3) is 0 Å². The number of hydrogen-bond acceptors (Lipinski definition) is 4. The largest absolute Gasteiger partial charge is 0.309 e. The Morgan fingerprint density at radius 1 is 1.12 bits per heavy atom. The number of aromatic nitrogens is 6. The predicted molar refractivity (Wildman–Crippen MR) is 96.6 cm³/mol. The number of nitrogens with one attached hydrogen (secondary N) is 1. The first-order valence-electron chi connectivity index (χ1n) is 8.11. The Labute approximate surface area is 149 Å². The smallest absolute Gasteiger partial charge is 0.247 e. The molecule has 130 valence electrons. The summed E-state index contributed by atoms with van der Waals surface area (Å²) in [6.45, 7) is 0.123. The number of rotatable bonds is 5. The van der Waals surface area contributed by atoms with Crippen LogP contribution in [0, 0.1) is 0 Å². The first-order valence-corrected chi connectivity index (χ1v) is 8.11. The topological polar surface area (TPSA) is 82.6 Å². The second-order valence-corrected chi connectivity index (χ2v) is 5.80. The monoisotopic (exact) mass is 347 g/mol. The van der Waals surface area contributed by atoms with E-state index in [-0.39, 0.29) is 12.5 Å². The third-order valence-electron chi connectivity index (χ3n) is 3.93. The summed E-state index contributed by atoms with van der Waals surface area (Å²) in [5.74, 6) is 0.481. The van der Waals surface area contributed by atoms with Gasteiger partial charge in [0.1, 0.15) is 12.4 Å². The van der Waals surface area contributed by atoms with E-state index in [0.29, 0.717) is 5.82 Å². The van der Waals surface area contributed by atoms with Gasteiger partial charge in [-0.05, 0) is 18.2 Å². The number of anilines is 1. The average Bonchev–Trinajstić information content (AvgIpc) is 3.37. The van der Waals surface area contributed by atoms with Crippen LogP contribution >= 0.6 is 0 Å². The zero-order valence-electron chi connectivity index (χ0n) is 14.1. The number of carbonyl (C=O) groups is 1. The highest BCUT2D eigenvalue weighted by molar-refractivity contribution is 5.89. The van der Waals surface area contributed by atoms with Crippen LogP contribution in [0.25, 0.3) is 16.9 Å². The minimum atomic E-state index is -0.164. The molecule has 0 fully saturated rings. The molecule has 8 nitrogen and oxygen atoms in total. The van der Waals surface area contributed by atoms with Gasteiger partial charge < -0.3 is 5.32 Å². The molecule has 4 aromatic rings. The average molecular weight is 347 g/mol. The van der Waals surface area contributed by atoms with Crippen LogP contribution in [0.15, 0.2) is 67.3 Å². The van der Waals surface area contributed by atoms with E-state index in [1.54, 1.807) is 45.7 Å². The van der Waals surface area contributed by atoms with Crippen molar-refractivity contribution in [3.63, 3.8) is 0 Å². The highest BCUT2D eigenvalue weighted by atomic mass is 16.2. The SMILES string of the molecule is Cn1nccc1NC(=O)Cn1ccc(-c2cnn(-c3ccccc3)c2)n1. The summed E-state index contributed by atoms with van der Waals surface area (Å²) in [5, 5.41) is 15.6. The zero-order chi connectivity index (χ0) is 17.9. The van der Waals surface area contributed by atoms with Gasteiger partial charge in [0.2, 0.25) is 5.91 Å². The number of benzene rings is 1. The molecule has 0 bridgehead atoms. The van der Waals surface area contributed by atoms with E-state index >= 15 is 0 Å². The predicted octanol–water partition coefficient (Wildman–Crippen LogP) is 2.11. The molecule has 0 radical (unpaired) electrons. The lowest BCUT2D eigenvalue weighted by Crippen LogP contribution is -2.20. The third-order valence-corrected chi connectivity index (χ3v) is 3.93. The van der Waals surface area contributed by atoms with E-state index in [1.807, 2.05) is 42.6 Å². The van der Waals surface area contributed by atoms with Crippen LogP contribution in [0.5, 0.6) is 0 Å². The molecular weight excluding hydrogens is 330 g/mol. The van der Waals surface area contributed by atoms with E-state index in [9.17, 15) is 4.79 Å². The lowest BCUT2D eigenvalue weighted by molar-refractivity contribution is -0.116. The first kappa shape index (κ1) is 15.8. The van der Waals surface area contributed by atoms with Crippen molar-refractivity contribution in [2.24, 2.45) is 7.05 Å². The van der Waals surface area contributed by atoms with Crippen LogP contribution in [0.3, 0.4) is 0 Å². The van der Waals surface area contributed by atoms with Crippen LogP contribution in [-0.2, 0) is 18.4 Å². The normalized spacial score (nSPS) is 10.8. The Hall–Kier alpha value is -3.68. The molecule has 0 spiro atoms. The Balaban J connectivity index is 1.46. The van der Waals surface area contributed by atoms with Crippen molar-refractivity contribution < 1.29 is 4.79 Å². The van der Waals surface area contributed by atoms with E-state index < -0.39 is 0 Å². The quantitative estimate of drug-likeness (QED) is 0.599. The number of carbonyl (C=O) groups excluding carboxylic acids is 1. The van der Waals surface area contributed by atoms with E-state index in [4.69, 9.17) is 0 Å². The van der Waals surface area contributed by atoms with Gasteiger partial charge in [-0.1, -0.05) is 18.2 Å². The molecule has 1 N–H and O–H groups in total. The van der Waals surface area contributed by atoms with Gasteiger partial charge in [-0.2, -0.15) is 15.3 Å². The Morgan fingerprint density at radius 3 is 2.73 bits per heavy atom. The van der Waals surface area contributed by atoms with Crippen LogP contribution in [0.2, 0.25) is 0 Å². The number of aryl methyl sites for hydroxylation is 1. The number of para-hydroxylation sites is 1. The minimum absolute atomic E-state index is 0.123. The second kappa shape index (κ2) is 6.67. The molecular formula is C18H17N7O. The highest BCUT2D eigenvalue weighted by Crippen LogP contribution is 2.18. The van der Waals surface area contributed by atoms with Crippen molar-refractivity contribution in [3.8, 4) is 16.9 Å². The molecule has 0 saturated heterocycles. The van der Waals surface area contributed by atoms with Crippen LogP contribution in [0.4, 0.5) is 5.82 Å². The Bertz CT molecular complexity index is 1030. The fraction of sp³-hybridized carbons (Fsp3) is 0.111. The van der Waals surface area contributed by atoms with Crippen molar-refractivity contribution in [1.82, 2.24) is 29.3 Å². The van der Waals surface area contributed by atoms with Crippen molar-refractivity contribution in [2.45, 2.75) is 6.54 Å². The maximum atomic E-state index is 12.1. The molecule has 0 atom stereocenters. The van der Waals surface area contributed by atoms with Crippen LogP contribution < -0.4 is 5.32 Å². The summed E-state index contributed by atoms with van der Waals surface area (Å²) < 4.78 is 4.99. The fourth-order valence-corrected chi connectivity index (χ4v) is 2.61. The number of nitrogens with zero attached hydrogens (tertiary/aromatic N) is 6. The maximum Gasteiger partial charge on any atom is 0.247 e. The van der Waals surface area contributed by atoms with Crippen LogP contribution in [0.1, 0.15) is 0 Å². The minimum Gasteiger partial charge on any atom is -0.309 e. The van der Waals surface area contributed by atoms with Gasteiger partial charge in [-0.3, -0.25) is 14.2 Å². The zero-order valence-corrected chi connectivity index (χ0v) is 14.1. The van der Waals surface area contributed by atoms with Gasteiger partial charge in [0, 0.05) is 31.1 Å². The first-order chi connectivity index (χ1) is 12.7. The summed E-state index contributed by atoms with van der Waals surface area (Å²) in [5.41, 5.74) is 2.63. The Morgan fingerprint density at radius 2 is 1.96 bits per heavy atom. The van der Waals surface area contributed by atoms with Crippen molar-refractivity contribution in [1.29, 1.82) is 0 Å². The van der Waals surface area contributed by atoms with E-state index in [1.165, 1.54) is 0 Å². The standard InChI is InChI=1S/C18H17N7O/c1-23-17(7-9-19-23)21-18(26)13-24-10-8-16(22-24)14-11-20-25(12-14)15-5-3-2-4-6-15/h2-12H,13H2,1H3,(H,21,26). The summed E-state index contributed by atoms with van der Waals surface area (Å²) in [4.78, 5) is 12.1.